The van der Waals surface area contributed by atoms with E-state index in [-0.39, 0.29) is 6.03 Å². The third-order valence-electron chi connectivity index (χ3n) is 3.48. The molecule has 1 aliphatic rings. The Balaban J connectivity index is 2.53. The molecule has 1 aliphatic heterocycles. The van der Waals surface area contributed by atoms with Crippen molar-refractivity contribution in [2.24, 2.45) is 11.3 Å². The Kier molecular flexibility index (Phi) is 3.63. The van der Waals surface area contributed by atoms with Gasteiger partial charge in [0.15, 0.2) is 0 Å². The topological polar surface area (TPSA) is 23.6 Å². The smallest absolute Gasteiger partial charge is 0.319 e. The third kappa shape index (κ3) is 2.86. The average Bonchev–Trinajstić information content (AvgIpc) is 2.63. The van der Waals surface area contributed by atoms with Crippen LogP contribution in [0.1, 0.15) is 34.1 Å². The molecule has 1 atom stereocenters. The molecule has 0 N–H and O–H groups in total. The van der Waals surface area contributed by atoms with Crippen LogP contribution in [0, 0.1) is 11.3 Å². The largest absolute Gasteiger partial charge is 0.328 e. The van der Waals surface area contributed by atoms with Crippen LogP contribution in [0.5, 0.6) is 0 Å². The standard InChI is InChI=1S/C12H24N2O/c1-6-13(5)11(15)14-8-7-10(9-14)12(2,3)4/h10H,6-9H2,1-5H3. The highest BCUT2D eigenvalue weighted by Crippen LogP contribution is 2.33. The molecule has 1 rings (SSSR count). The van der Waals surface area contributed by atoms with Gasteiger partial charge in [0.2, 0.25) is 0 Å². The maximum atomic E-state index is 11.9. The second-order valence-electron chi connectivity index (χ2n) is 5.59. The minimum absolute atomic E-state index is 0.184. The van der Waals surface area contributed by atoms with Crippen molar-refractivity contribution >= 4 is 6.03 Å². The van der Waals surface area contributed by atoms with Gasteiger partial charge < -0.3 is 9.80 Å². The van der Waals surface area contributed by atoms with E-state index in [1.165, 1.54) is 0 Å². The van der Waals surface area contributed by atoms with Gasteiger partial charge in [0, 0.05) is 26.7 Å². The highest BCUT2D eigenvalue weighted by Gasteiger charge is 2.34. The predicted octanol–water partition coefficient (Wildman–Crippen LogP) is 2.43. The van der Waals surface area contributed by atoms with E-state index in [0.29, 0.717) is 11.3 Å². The Morgan fingerprint density at radius 3 is 2.47 bits per heavy atom. The van der Waals surface area contributed by atoms with Gasteiger partial charge in [0.25, 0.3) is 0 Å². The molecule has 15 heavy (non-hydrogen) atoms. The van der Waals surface area contributed by atoms with Crippen LogP contribution in [-0.2, 0) is 0 Å². The van der Waals surface area contributed by atoms with Gasteiger partial charge >= 0.3 is 6.03 Å². The van der Waals surface area contributed by atoms with E-state index in [1.54, 1.807) is 4.90 Å². The summed E-state index contributed by atoms with van der Waals surface area (Å²) in [5, 5.41) is 0. The normalized spacial score (nSPS) is 21.9. The maximum Gasteiger partial charge on any atom is 0.319 e. The van der Waals surface area contributed by atoms with Gasteiger partial charge in [-0.15, -0.1) is 0 Å². The molecule has 0 aromatic rings. The second kappa shape index (κ2) is 4.42. The van der Waals surface area contributed by atoms with Crippen molar-refractivity contribution in [3.63, 3.8) is 0 Å². The molecular weight excluding hydrogens is 188 g/mol. The summed E-state index contributed by atoms with van der Waals surface area (Å²) in [7, 11) is 1.87. The Hall–Kier alpha value is -0.730. The fourth-order valence-corrected chi connectivity index (χ4v) is 2.02. The molecule has 2 amide bonds. The van der Waals surface area contributed by atoms with E-state index < -0.39 is 0 Å². The van der Waals surface area contributed by atoms with Crippen LogP contribution in [0.25, 0.3) is 0 Å². The number of urea groups is 1. The zero-order valence-electron chi connectivity index (χ0n) is 10.7. The fourth-order valence-electron chi connectivity index (χ4n) is 2.02. The van der Waals surface area contributed by atoms with Crippen molar-refractivity contribution < 1.29 is 4.79 Å². The molecule has 88 valence electrons. The summed E-state index contributed by atoms with van der Waals surface area (Å²) >= 11 is 0. The summed E-state index contributed by atoms with van der Waals surface area (Å²) in [6.45, 7) is 11.4. The van der Waals surface area contributed by atoms with Crippen LogP contribution < -0.4 is 0 Å². The van der Waals surface area contributed by atoms with Gasteiger partial charge in [-0.2, -0.15) is 0 Å². The van der Waals surface area contributed by atoms with E-state index in [0.717, 1.165) is 26.1 Å². The number of carbonyl (C=O) groups is 1. The monoisotopic (exact) mass is 212 g/mol. The average molecular weight is 212 g/mol. The number of hydrogen-bond acceptors (Lipinski definition) is 1. The highest BCUT2D eigenvalue weighted by molar-refractivity contribution is 5.74. The van der Waals surface area contributed by atoms with E-state index >= 15 is 0 Å². The second-order valence-corrected chi connectivity index (χ2v) is 5.59. The summed E-state index contributed by atoms with van der Waals surface area (Å²) in [6, 6.07) is 0.184. The third-order valence-corrected chi connectivity index (χ3v) is 3.48. The molecule has 0 saturated carbocycles. The molecule has 1 unspecified atom stereocenters. The SMILES string of the molecule is CCN(C)C(=O)N1CCC(C(C)(C)C)C1. The number of carbonyl (C=O) groups excluding carboxylic acids is 1. The first-order valence-corrected chi connectivity index (χ1v) is 5.86. The van der Waals surface area contributed by atoms with Crippen molar-refractivity contribution in [1.29, 1.82) is 0 Å². The molecule has 1 heterocycles. The molecule has 0 bridgehead atoms. The van der Waals surface area contributed by atoms with E-state index in [9.17, 15) is 4.79 Å². The fraction of sp³-hybridized carbons (Fsp3) is 0.917. The van der Waals surface area contributed by atoms with Crippen LogP contribution in [0.15, 0.2) is 0 Å². The van der Waals surface area contributed by atoms with Crippen molar-refractivity contribution in [2.45, 2.75) is 34.1 Å². The molecular formula is C12H24N2O. The lowest BCUT2D eigenvalue weighted by Gasteiger charge is -2.28. The summed E-state index contributed by atoms with van der Waals surface area (Å²) < 4.78 is 0. The van der Waals surface area contributed by atoms with Crippen molar-refractivity contribution in [1.82, 2.24) is 9.80 Å². The summed E-state index contributed by atoms with van der Waals surface area (Å²) in [6.07, 6.45) is 1.15. The number of amides is 2. The number of nitrogens with zero attached hydrogens (tertiary/aromatic N) is 2. The Bertz CT molecular complexity index is 232. The molecule has 0 aromatic heterocycles. The predicted molar refractivity (Wildman–Crippen MR) is 62.8 cm³/mol. The lowest BCUT2D eigenvalue weighted by Crippen LogP contribution is -2.40. The Labute approximate surface area is 93.4 Å². The molecule has 0 radical (unpaired) electrons. The number of rotatable bonds is 1. The first-order chi connectivity index (χ1) is 6.86. The molecule has 0 aliphatic carbocycles. The van der Waals surface area contributed by atoms with Crippen molar-refractivity contribution in [3.05, 3.63) is 0 Å². The van der Waals surface area contributed by atoms with E-state index in [4.69, 9.17) is 0 Å². The van der Waals surface area contributed by atoms with Gasteiger partial charge in [-0.05, 0) is 24.7 Å². The van der Waals surface area contributed by atoms with Crippen LogP contribution >= 0.6 is 0 Å². The van der Waals surface area contributed by atoms with Crippen molar-refractivity contribution in [2.75, 3.05) is 26.7 Å². The van der Waals surface area contributed by atoms with Crippen LogP contribution in [0.2, 0.25) is 0 Å². The number of hydrogen-bond donors (Lipinski definition) is 0. The summed E-state index contributed by atoms with van der Waals surface area (Å²) in [5.74, 6) is 0.645. The molecule has 0 spiro atoms. The molecule has 1 fully saturated rings. The zero-order valence-corrected chi connectivity index (χ0v) is 10.7. The quantitative estimate of drug-likeness (QED) is 0.655. The van der Waals surface area contributed by atoms with Crippen molar-refractivity contribution in [3.8, 4) is 0 Å². The lowest BCUT2D eigenvalue weighted by atomic mass is 9.80. The summed E-state index contributed by atoms with van der Waals surface area (Å²) in [4.78, 5) is 15.7. The zero-order chi connectivity index (χ0) is 11.6. The maximum absolute atomic E-state index is 11.9. The van der Waals surface area contributed by atoms with Gasteiger partial charge in [-0.1, -0.05) is 20.8 Å². The lowest BCUT2D eigenvalue weighted by molar-refractivity contribution is 0.167. The minimum Gasteiger partial charge on any atom is -0.328 e. The Morgan fingerprint density at radius 1 is 1.47 bits per heavy atom. The highest BCUT2D eigenvalue weighted by atomic mass is 16.2. The van der Waals surface area contributed by atoms with E-state index in [2.05, 4.69) is 20.8 Å². The van der Waals surface area contributed by atoms with Crippen LogP contribution in [0.4, 0.5) is 4.79 Å². The van der Waals surface area contributed by atoms with Gasteiger partial charge in [-0.3, -0.25) is 0 Å². The molecule has 1 saturated heterocycles. The molecule has 0 aromatic carbocycles. The number of likely N-dealkylation sites (tertiary alicyclic amines) is 1. The van der Waals surface area contributed by atoms with Gasteiger partial charge in [-0.25, -0.2) is 4.79 Å². The first kappa shape index (κ1) is 12.3. The molecule has 3 heteroatoms. The van der Waals surface area contributed by atoms with Crippen LogP contribution in [-0.4, -0.2) is 42.5 Å². The Morgan fingerprint density at radius 2 is 2.07 bits per heavy atom. The first-order valence-electron chi connectivity index (χ1n) is 5.86. The van der Waals surface area contributed by atoms with Gasteiger partial charge in [0.1, 0.15) is 0 Å². The van der Waals surface area contributed by atoms with Crippen LogP contribution in [0.3, 0.4) is 0 Å². The molecule has 3 nitrogen and oxygen atoms in total. The minimum atomic E-state index is 0.184. The summed E-state index contributed by atoms with van der Waals surface area (Å²) in [5.41, 5.74) is 0.319. The van der Waals surface area contributed by atoms with Gasteiger partial charge in [0.05, 0.1) is 0 Å². The van der Waals surface area contributed by atoms with E-state index in [1.807, 2.05) is 18.9 Å².